The van der Waals surface area contributed by atoms with Crippen LogP contribution in [0.3, 0.4) is 0 Å². The Labute approximate surface area is 64.8 Å². The third-order valence-electron chi connectivity index (χ3n) is 1.43. The van der Waals surface area contributed by atoms with Gasteiger partial charge in [-0.25, -0.2) is 4.79 Å². The minimum atomic E-state index is -0.115. The van der Waals surface area contributed by atoms with Gasteiger partial charge in [0.2, 0.25) is 6.08 Å². The second kappa shape index (κ2) is 3.64. The molecule has 1 atom stereocenters. The maximum Gasteiger partial charge on any atom is 0.235 e. The SMILES string of the molecule is CC(N=C=O)c1ccncc1. The van der Waals surface area contributed by atoms with E-state index >= 15 is 0 Å². The molecule has 0 N–H and O–H groups in total. The minimum absolute atomic E-state index is 0.115. The molecule has 1 aromatic heterocycles. The van der Waals surface area contributed by atoms with E-state index in [4.69, 9.17) is 0 Å². The maximum atomic E-state index is 9.88. The van der Waals surface area contributed by atoms with Gasteiger partial charge in [0.15, 0.2) is 0 Å². The van der Waals surface area contributed by atoms with E-state index in [1.54, 1.807) is 12.4 Å². The van der Waals surface area contributed by atoms with E-state index in [0.29, 0.717) is 0 Å². The van der Waals surface area contributed by atoms with Crippen molar-refractivity contribution in [1.82, 2.24) is 4.98 Å². The molecule has 0 saturated carbocycles. The molecule has 1 rings (SSSR count). The average molecular weight is 148 g/mol. The largest absolute Gasteiger partial charge is 0.265 e. The zero-order valence-corrected chi connectivity index (χ0v) is 6.19. The Morgan fingerprint density at radius 3 is 2.73 bits per heavy atom. The van der Waals surface area contributed by atoms with Crippen LogP contribution in [-0.4, -0.2) is 11.1 Å². The van der Waals surface area contributed by atoms with Crippen LogP contribution in [0.1, 0.15) is 18.5 Å². The van der Waals surface area contributed by atoms with Crippen LogP contribution in [-0.2, 0) is 4.79 Å². The van der Waals surface area contributed by atoms with Crippen molar-refractivity contribution in [2.24, 2.45) is 4.99 Å². The highest BCUT2D eigenvalue weighted by molar-refractivity contribution is 5.34. The third-order valence-corrected chi connectivity index (χ3v) is 1.43. The highest BCUT2D eigenvalue weighted by Gasteiger charge is 1.99. The van der Waals surface area contributed by atoms with E-state index in [9.17, 15) is 4.79 Å². The van der Waals surface area contributed by atoms with E-state index in [1.165, 1.54) is 6.08 Å². The van der Waals surface area contributed by atoms with Crippen molar-refractivity contribution in [3.8, 4) is 0 Å². The molecule has 0 amide bonds. The van der Waals surface area contributed by atoms with Crippen LogP contribution in [0.4, 0.5) is 0 Å². The molecule has 0 aliphatic carbocycles. The first-order valence-electron chi connectivity index (χ1n) is 3.31. The highest BCUT2D eigenvalue weighted by atomic mass is 16.1. The summed E-state index contributed by atoms with van der Waals surface area (Å²) in [5, 5.41) is 0. The Morgan fingerprint density at radius 1 is 1.55 bits per heavy atom. The summed E-state index contributed by atoms with van der Waals surface area (Å²) in [4.78, 5) is 17.3. The van der Waals surface area contributed by atoms with Crippen LogP contribution in [0.25, 0.3) is 0 Å². The van der Waals surface area contributed by atoms with Crippen molar-refractivity contribution < 1.29 is 4.79 Å². The number of hydrogen-bond donors (Lipinski definition) is 0. The van der Waals surface area contributed by atoms with Crippen molar-refractivity contribution >= 4 is 6.08 Å². The van der Waals surface area contributed by atoms with Gasteiger partial charge in [-0.05, 0) is 24.6 Å². The predicted molar refractivity (Wildman–Crippen MR) is 40.8 cm³/mol. The number of nitrogens with zero attached hydrogens (tertiary/aromatic N) is 2. The van der Waals surface area contributed by atoms with Gasteiger partial charge in [0, 0.05) is 12.4 Å². The van der Waals surface area contributed by atoms with Gasteiger partial charge in [0.05, 0.1) is 6.04 Å². The molecule has 0 aromatic carbocycles. The van der Waals surface area contributed by atoms with Gasteiger partial charge in [0.1, 0.15) is 0 Å². The zero-order chi connectivity index (χ0) is 8.10. The normalized spacial score (nSPS) is 11.7. The summed E-state index contributed by atoms with van der Waals surface area (Å²) in [6.07, 6.45) is 4.87. The van der Waals surface area contributed by atoms with Gasteiger partial charge in [-0.1, -0.05) is 0 Å². The Bertz CT molecular complexity index is 265. The van der Waals surface area contributed by atoms with Crippen molar-refractivity contribution in [2.45, 2.75) is 13.0 Å². The van der Waals surface area contributed by atoms with Crippen LogP contribution in [0, 0.1) is 0 Å². The van der Waals surface area contributed by atoms with Gasteiger partial charge in [0.25, 0.3) is 0 Å². The monoisotopic (exact) mass is 148 g/mol. The molecule has 1 unspecified atom stereocenters. The topological polar surface area (TPSA) is 42.3 Å². The molecule has 1 heterocycles. The van der Waals surface area contributed by atoms with E-state index in [0.717, 1.165) is 5.56 Å². The third kappa shape index (κ3) is 1.99. The minimum Gasteiger partial charge on any atom is -0.265 e. The van der Waals surface area contributed by atoms with Gasteiger partial charge in [-0.2, -0.15) is 4.99 Å². The van der Waals surface area contributed by atoms with E-state index in [1.807, 2.05) is 19.1 Å². The summed E-state index contributed by atoms with van der Waals surface area (Å²) < 4.78 is 0. The Kier molecular flexibility index (Phi) is 2.53. The quantitative estimate of drug-likeness (QED) is 0.471. The Balaban J connectivity index is 2.84. The molecule has 3 heteroatoms. The molecule has 3 nitrogen and oxygen atoms in total. The Morgan fingerprint density at radius 2 is 2.18 bits per heavy atom. The zero-order valence-electron chi connectivity index (χ0n) is 6.19. The number of pyridine rings is 1. The molecule has 0 aliphatic heterocycles. The Hall–Kier alpha value is -1.47. The molecule has 11 heavy (non-hydrogen) atoms. The fourth-order valence-corrected chi connectivity index (χ4v) is 0.796. The first-order chi connectivity index (χ1) is 5.34. The lowest BCUT2D eigenvalue weighted by atomic mass is 10.1. The van der Waals surface area contributed by atoms with Gasteiger partial charge in [-0.15, -0.1) is 0 Å². The van der Waals surface area contributed by atoms with E-state index in [2.05, 4.69) is 9.98 Å². The van der Waals surface area contributed by atoms with Gasteiger partial charge in [-0.3, -0.25) is 4.98 Å². The first kappa shape index (κ1) is 7.63. The lowest BCUT2D eigenvalue weighted by Gasteiger charge is -2.01. The summed E-state index contributed by atoms with van der Waals surface area (Å²) in [7, 11) is 0. The molecule has 1 aromatic rings. The number of aromatic nitrogens is 1. The number of isocyanates is 1. The number of aliphatic imine (C=N–C) groups is 1. The molecule has 0 bridgehead atoms. The van der Waals surface area contributed by atoms with Crippen LogP contribution in [0.15, 0.2) is 29.5 Å². The van der Waals surface area contributed by atoms with Crippen molar-refractivity contribution in [3.05, 3.63) is 30.1 Å². The molecule has 0 aliphatic rings. The smallest absolute Gasteiger partial charge is 0.235 e. The molecule has 0 saturated heterocycles. The molecule has 0 radical (unpaired) electrons. The average Bonchev–Trinajstić information content (AvgIpc) is 2.07. The standard InChI is InChI=1S/C8H8N2O/c1-7(10-6-11)8-2-4-9-5-3-8/h2-5,7H,1H3. The van der Waals surface area contributed by atoms with Crippen LogP contribution < -0.4 is 0 Å². The van der Waals surface area contributed by atoms with Crippen molar-refractivity contribution in [1.29, 1.82) is 0 Å². The summed E-state index contributed by atoms with van der Waals surface area (Å²) in [5.41, 5.74) is 0.975. The number of rotatable bonds is 2. The second-order valence-electron chi connectivity index (χ2n) is 2.18. The second-order valence-corrected chi connectivity index (χ2v) is 2.18. The fourth-order valence-electron chi connectivity index (χ4n) is 0.796. The van der Waals surface area contributed by atoms with E-state index < -0.39 is 0 Å². The van der Waals surface area contributed by atoms with Crippen LogP contribution in [0.5, 0.6) is 0 Å². The number of hydrogen-bond acceptors (Lipinski definition) is 3. The number of carbonyl (C=O) groups excluding carboxylic acids is 1. The van der Waals surface area contributed by atoms with Crippen molar-refractivity contribution in [2.75, 3.05) is 0 Å². The predicted octanol–water partition coefficient (Wildman–Crippen LogP) is 1.48. The summed E-state index contributed by atoms with van der Waals surface area (Å²) in [5.74, 6) is 0. The molecular weight excluding hydrogens is 140 g/mol. The molecular formula is C8H8N2O. The van der Waals surface area contributed by atoms with Crippen LogP contribution >= 0.6 is 0 Å². The molecule has 0 spiro atoms. The van der Waals surface area contributed by atoms with E-state index in [-0.39, 0.29) is 6.04 Å². The summed E-state index contributed by atoms with van der Waals surface area (Å²) >= 11 is 0. The maximum absolute atomic E-state index is 9.88. The molecule has 0 fully saturated rings. The lowest BCUT2D eigenvalue weighted by Crippen LogP contribution is -1.88. The highest BCUT2D eigenvalue weighted by Crippen LogP contribution is 2.13. The van der Waals surface area contributed by atoms with Crippen molar-refractivity contribution in [3.63, 3.8) is 0 Å². The molecule has 56 valence electrons. The first-order valence-corrected chi connectivity index (χ1v) is 3.31. The van der Waals surface area contributed by atoms with Crippen LogP contribution in [0.2, 0.25) is 0 Å². The van der Waals surface area contributed by atoms with Gasteiger partial charge < -0.3 is 0 Å². The van der Waals surface area contributed by atoms with Gasteiger partial charge >= 0.3 is 0 Å². The summed E-state index contributed by atoms with van der Waals surface area (Å²) in [6, 6.07) is 3.53. The summed E-state index contributed by atoms with van der Waals surface area (Å²) in [6.45, 7) is 1.83. The lowest BCUT2D eigenvalue weighted by molar-refractivity contribution is 0.559. The fraction of sp³-hybridized carbons (Fsp3) is 0.250.